The van der Waals surface area contributed by atoms with Crippen LogP contribution in [0.3, 0.4) is 0 Å². The van der Waals surface area contributed by atoms with Crippen molar-refractivity contribution in [3.05, 3.63) is 57.1 Å². The Kier molecular flexibility index (Phi) is 5.57. The molecule has 0 saturated heterocycles. The van der Waals surface area contributed by atoms with Gasteiger partial charge in [0.25, 0.3) is 5.56 Å². The minimum atomic E-state index is -0.328. The van der Waals surface area contributed by atoms with Crippen LogP contribution in [0.5, 0.6) is 0 Å². The van der Waals surface area contributed by atoms with E-state index in [1.54, 1.807) is 6.20 Å². The average molecular weight is 329 g/mol. The minimum absolute atomic E-state index is 0.170. The predicted octanol–water partition coefficient (Wildman–Crippen LogP) is 1.45. The highest BCUT2D eigenvalue weighted by atomic mass is 16.2. The molecule has 0 aliphatic heterocycles. The molecule has 0 radical (unpaired) electrons. The summed E-state index contributed by atoms with van der Waals surface area (Å²) >= 11 is 0. The van der Waals surface area contributed by atoms with E-state index in [1.165, 1.54) is 0 Å². The summed E-state index contributed by atoms with van der Waals surface area (Å²) < 4.78 is 0. The number of carbonyl (C=O) groups is 1. The Balaban J connectivity index is 1.87. The van der Waals surface area contributed by atoms with Crippen LogP contribution < -0.4 is 21.1 Å². The molecule has 2 heterocycles. The lowest BCUT2D eigenvalue weighted by molar-refractivity contribution is 0.240. The molecule has 24 heavy (non-hydrogen) atoms. The van der Waals surface area contributed by atoms with Crippen molar-refractivity contribution in [2.75, 3.05) is 19.0 Å². The lowest BCUT2D eigenvalue weighted by Gasteiger charge is -2.12. The average Bonchev–Trinajstić information content (AvgIpc) is 2.52. The molecule has 0 bridgehead atoms. The molecule has 0 aliphatic rings. The second-order valence-corrected chi connectivity index (χ2v) is 5.90. The number of pyridine rings is 2. The number of hydrogen-bond acceptors (Lipinski definition) is 4. The second-order valence-electron chi connectivity index (χ2n) is 5.90. The maximum atomic E-state index is 11.9. The van der Waals surface area contributed by atoms with Crippen molar-refractivity contribution in [2.45, 2.75) is 26.9 Å². The SMILES string of the molecule is Cc1cc(C)c(CNC(=O)NCc2ccc(N(C)C)nc2)c(=O)[nH]1. The fraction of sp³-hybridized carbons (Fsp3) is 0.353. The first kappa shape index (κ1) is 17.5. The van der Waals surface area contributed by atoms with Crippen LogP contribution in [0.2, 0.25) is 0 Å². The van der Waals surface area contributed by atoms with Crippen LogP contribution in [-0.2, 0) is 13.1 Å². The number of H-pyrrole nitrogens is 1. The standard InChI is InChI=1S/C17H23N5O2/c1-11-7-12(2)21-16(23)14(11)10-20-17(24)19-9-13-5-6-15(18-8-13)22(3)4/h5-8H,9-10H2,1-4H3,(H,21,23)(H2,19,20,24). The molecular formula is C17H23N5O2. The lowest BCUT2D eigenvalue weighted by Crippen LogP contribution is -2.36. The van der Waals surface area contributed by atoms with Gasteiger partial charge in [-0.2, -0.15) is 0 Å². The highest BCUT2D eigenvalue weighted by Gasteiger charge is 2.07. The van der Waals surface area contributed by atoms with Crippen LogP contribution in [0.15, 0.2) is 29.2 Å². The van der Waals surface area contributed by atoms with Crippen molar-refractivity contribution in [3.8, 4) is 0 Å². The number of rotatable bonds is 5. The van der Waals surface area contributed by atoms with E-state index in [2.05, 4.69) is 20.6 Å². The van der Waals surface area contributed by atoms with Gasteiger partial charge in [-0.15, -0.1) is 0 Å². The van der Waals surface area contributed by atoms with Gasteiger partial charge in [0.05, 0.1) is 6.54 Å². The van der Waals surface area contributed by atoms with Crippen LogP contribution in [0, 0.1) is 13.8 Å². The van der Waals surface area contributed by atoms with Gasteiger partial charge in [0, 0.05) is 38.1 Å². The van der Waals surface area contributed by atoms with E-state index in [4.69, 9.17) is 0 Å². The van der Waals surface area contributed by atoms with E-state index < -0.39 is 0 Å². The van der Waals surface area contributed by atoms with Gasteiger partial charge in [0.1, 0.15) is 5.82 Å². The number of nitrogens with zero attached hydrogens (tertiary/aromatic N) is 2. The van der Waals surface area contributed by atoms with E-state index in [1.807, 2.05) is 51.0 Å². The minimum Gasteiger partial charge on any atom is -0.363 e. The molecule has 2 aromatic rings. The molecule has 0 fully saturated rings. The summed E-state index contributed by atoms with van der Waals surface area (Å²) in [7, 11) is 3.84. The summed E-state index contributed by atoms with van der Waals surface area (Å²) in [6, 6.07) is 5.36. The first-order valence-electron chi connectivity index (χ1n) is 7.70. The number of carbonyl (C=O) groups excluding carboxylic acids is 1. The van der Waals surface area contributed by atoms with Crippen molar-refractivity contribution in [3.63, 3.8) is 0 Å². The molecular weight excluding hydrogens is 306 g/mol. The topological polar surface area (TPSA) is 90.1 Å². The van der Waals surface area contributed by atoms with Gasteiger partial charge in [-0.05, 0) is 37.1 Å². The lowest BCUT2D eigenvalue weighted by atomic mass is 10.1. The third kappa shape index (κ3) is 4.58. The Bertz CT molecular complexity index is 766. The maximum Gasteiger partial charge on any atom is 0.315 e. The molecule has 7 nitrogen and oxygen atoms in total. The highest BCUT2D eigenvalue weighted by Crippen LogP contribution is 2.07. The van der Waals surface area contributed by atoms with Gasteiger partial charge < -0.3 is 20.5 Å². The van der Waals surface area contributed by atoms with E-state index in [0.717, 1.165) is 22.6 Å². The predicted molar refractivity (Wildman–Crippen MR) is 94.2 cm³/mol. The maximum absolute atomic E-state index is 11.9. The fourth-order valence-electron chi connectivity index (χ4n) is 2.30. The molecule has 0 aliphatic carbocycles. The van der Waals surface area contributed by atoms with E-state index in [0.29, 0.717) is 12.1 Å². The van der Waals surface area contributed by atoms with Crippen LogP contribution in [-0.4, -0.2) is 30.1 Å². The van der Waals surface area contributed by atoms with Gasteiger partial charge in [-0.25, -0.2) is 9.78 Å². The third-order valence-corrected chi connectivity index (χ3v) is 3.64. The molecule has 7 heteroatoms. The van der Waals surface area contributed by atoms with E-state index >= 15 is 0 Å². The zero-order valence-corrected chi connectivity index (χ0v) is 14.4. The normalized spacial score (nSPS) is 10.3. The van der Waals surface area contributed by atoms with Gasteiger partial charge in [0.2, 0.25) is 0 Å². The number of nitrogens with one attached hydrogen (secondary N) is 3. The van der Waals surface area contributed by atoms with Crippen LogP contribution in [0.25, 0.3) is 0 Å². The molecule has 0 atom stereocenters. The van der Waals surface area contributed by atoms with Crippen molar-refractivity contribution in [1.29, 1.82) is 0 Å². The Morgan fingerprint density at radius 2 is 1.92 bits per heavy atom. The first-order chi connectivity index (χ1) is 11.4. The summed E-state index contributed by atoms with van der Waals surface area (Å²) in [5, 5.41) is 5.45. The van der Waals surface area contributed by atoms with Crippen molar-refractivity contribution < 1.29 is 4.79 Å². The summed E-state index contributed by atoms with van der Waals surface area (Å²) in [6.07, 6.45) is 1.73. The van der Waals surface area contributed by atoms with Gasteiger partial charge >= 0.3 is 6.03 Å². The monoisotopic (exact) mass is 329 g/mol. The smallest absolute Gasteiger partial charge is 0.315 e. The molecule has 128 valence electrons. The summed E-state index contributed by atoms with van der Waals surface area (Å²) in [5.41, 5.74) is 2.96. The Labute approximate surface area is 141 Å². The van der Waals surface area contributed by atoms with E-state index in [-0.39, 0.29) is 18.1 Å². The molecule has 0 unspecified atom stereocenters. The molecule has 0 saturated carbocycles. The number of anilines is 1. The number of urea groups is 1. The molecule has 0 aromatic carbocycles. The molecule has 2 rings (SSSR count). The third-order valence-electron chi connectivity index (χ3n) is 3.64. The molecule has 0 spiro atoms. The largest absolute Gasteiger partial charge is 0.363 e. The zero-order chi connectivity index (χ0) is 17.7. The van der Waals surface area contributed by atoms with Crippen LogP contribution in [0.1, 0.15) is 22.4 Å². The first-order valence-corrected chi connectivity index (χ1v) is 7.70. The molecule has 2 aromatic heterocycles. The van der Waals surface area contributed by atoms with Crippen LogP contribution >= 0.6 is 0 Å². The van der Waals surface area contributed by atoms with Gasteiger partial charge in [0.15, 0.2) is 0 Å². The van der Waals surface area contributed by atoms with Crippen molar-refractivity contribution in [2.24, 2.45) is 0 Å². The highest BCUT2D eigenvalue weighted by molar-refractivity contribution is 5.73. The fourth-order valence-corrected chi connectivity index (χ4v) is 2.30. The number of aromatic amines is 1. The van der Waals surface area contributed by atoms with Crippen molar-refractivity contribution >= 4 is 11.8 Å². The van der Waals surface area contributed by atoms with E-state index in [9.17, 15) is 9.59 Å². The molecule has 2 amide bonds. The number of aromatic nitrogens is 2. The summed E-state index contributed by atoms with van der Waals surface area (Å²) in [4.78, 5) is 32.7. The van der Waals surface area contributed by atoms with Crippen molar-refractivity contribution in [1.82, 2.24) is 20.6 Å². The Hall–Kier alpha value is -2.83. The van der Waals surface area contributed by atoms with Crippen LogP contribution in [0.4, 0.5) is 10.6 Å². The number of hydrogen-bond donors (Lipinski definition) is 3. The molecule has 3 N–H and O–H groups in total. The Morgan fingerprint density at radius 1 is 1.21 bits per heavy atom. The Morgan fingerprint density at radius 3 is 2.50 bits per heavy atom. The van der Waals surface area contributed by atoms with Gasteiger partial charge in [-0.1, -0.05) is 6.07 Å². The van der Waals surface area contributed by atoms with Gasteiger partial charge in [-0.3, -0.25) is 4.79 Å². The second kappa shape index (κ2) is 7.63. The quantitative estimate of drug-likeness (QED) is 0.774. The number of amides is 2. The zero-order valence-electron chi connectivity index (χ0n) is 14.4. The number of aryl methyl sites for hydroxylation is 2. The summed E-state index contributed by atoms with van der Waals surface area (Å²) in [5.74, 6) is 0.859. The summed E-state index contributed by atoms with van der Waals surface area (Å²) in [6.45, 7) is 4.24.